The van der Waals surface area contributed by atoms with Crippen molar-refractivity contribution in [2.24, 2.45) is 0 Å². The van der Waals surface area contributed by atoms with Crippen LogP contribution in [0.4, 0.5) is 5.69 Å². The fourth-order valence-corrected chi connectivity index (χ4v) is 3.88. The number of para-hydroxylation sites is 1. The Kier molecular flexibility index (Phi) is 4.90. The van der Waals surface area contributed by atoms with Gasteiger partial charge in [-0.3, -0.25) is 14.2 Å². The fraction of sp³-hybridized carbons (Fsp3) is 0.0952. The number of hydrogen-bond donors (Lipinski definition) is 1. The number of thiophene rings is 1. The molecule has 0 saturated heterocycles. The van der Waals surface area contributed by atoms with E-state index in [2.05, 4.69) is 10.3 Å². The van der Waals surface area contributed by atoms with E-state index in [-0.39, 0.29) is 18.0 Å². The first kappa shape index (κ1) is 17.9. The van der Waals surface area contributed by atoms with Crippen molar-refractivity contribution >= 4 is 33.1 Å². The molecule has 0 unspecified atom stereocenters. The predicted molar refractivity (Wildman–Crippen MR) is 111 cm³/mol. The highest BCUT2D eigenvalue weighted by molar-refractivity contribution is 7.17. The van der Waals surface area contributed by atoms with Crippen LogP contribution in [0.3, 0.4) is 0 Å². The third kappa shape index (κ3) is 3.52. The minimum atomic E-state index is -0.276. The van der Waals surface area contributed by atoms with Crippen LogP contribution in [-0.4, -0.2) is 22.6 Å². The van der Waals surface area contributed by atoms with Crippen molar-refractivity contribution in [1.29, 1.82) is 0 Å². The van der Waals surface area contributed by atoms with Crippen LogP contribution in [0.5, 0.6) is 5.75 Å². The molecule has 0 aliphatic heterocycles. The summed E-state index contributed by atoms with van der Waals surface area (Å²) in [5, 5.41) is 4.68. The van der Waals surface area contributed by atoms with Gasteiger partial charge in [0.1, 0.15) is 17.0 Å². The zero-order valence-electron chi connectivity index (χ0n) is 15.1. The molecule has 2 aromatic heterocycles. The molecule has 0 spiro atoms. The van der Waals surface area contributed by atoms with Gasteiger partial charge >= 0.3 is 0 Å². The predicted octanol–water partition coefficient (Wildman–Crippen LogP) is 3.77. The quantitative estimate of drug-likeness (QED) is 0.562. The molecule has 4 aromatic rings. The van der Waals surface area contributed by atoms with E-state index in [1.807, 2.05) is 47.8 Å². The summed E-state index contributed by atoms with van der Waals surface area (Å²) in [6.07, 6.45) is 1.43. The number of methoxy groups -OCH3 is 1. The summed E-state index contributed by atoms with van der Waals surface area (Å²) in [7, 11) is 1.62. The van der Waals surface area contributed by atoms with Crippen LogP contribution in [0.2, 0.25) is 0 Å². The lowest BCUT2D eigenvalue weighted by Gasteiger charge is -2.07. The lowest BCUT2D eigenvalue weighted by molar-refractivity contribution is -0.116. The molecule has 140 valence electrons. The van der Waals surface area contributed by atoms with Crippen LogP contribution in [0.25, 0.3) is 21.3 Å². The molecule has 6 nitrogen and oxygen atoms in total. The van der Waals surface area contributed by atoms with Crippen LogP contribution in [-0.2, 0) is 11.3 Å². The van der Waals surface area contributed by atoms with Gasteiger partial charge in [-0.2, -0.15) is 0 Å². The number of carbonyl (C=O) groups excluding carboxylic acids is 1. The number of nitrogens with zero attached hydrogens (tertiary/aromatic N) is 2. The molecular weight excluding hydrogens is 374 g/mol. The number of benzene rings is 2. The number of hydrogen-bond acceptors (Lipinski definition) is 5. The molecule has 0 radical (unpaired) electrons. The Morgan fingerprint density at radius 3 is 2.61 bits per heavy atom. The molecule has 0 atom stereocenters. The molecular formula is C21H17N3O3S. The van der Waals surface area contributed by atoms with Gasteiger partial charge in [0.25, 0.3) is 5.56 Å². The van der Waals surface area contributed by atoms with Crippen LogP contribution in [0.1, 0.15) is 0 Å². The van der Waals surface area contributed by atoms with Crippen LogP contribution in [0, 0.1) is 0 Å². The average Bonchev–Trinajstić information content (AvgIpc) is 3.16. The molecule has 2 aromatic carbocycles. The number of amides is 1. The number of anilines is 1. The molecule has 2 heterocycles. The SMILES string of the molecule is COc1ccc(-c2csc3c(=O)n(CC(=O)Nc4ccccc4)cnc23)cc1. The number of carbonyl (C=O) groups is 1. The number of nitrogens with one attached hydrogen (secondary N) is 1. The van der Waals surface area contributed by atoms with Gasteiger partial charge in [0.2, 0.25) is 5.91 Å². The van der Waals surface area contributed by atoms with Gasteiger partial charge < -0.3 is 10.1 Å². The van der Waals surface area contributed by atoms with Crippen molar-refractivity contribution in [3.63, 3.8) is 0 Å². The van der Waals surface area contributed by atoms with Gasteiger partial charge in [-0.1, -0.05) is 30.3 Å². The lowest BCUT2D eigenvalue weighted by Crippen LogP contribution is -2.27. The zero-order valence-corrected chi connectivity index (χ0v) is 15.9. The van der Waals surface area contributed by atoms with Gasteiger partial charge in [0.05, 0.1) is 19.0 Å². The van der Waals surface area contributed by atoms with E-state index in [9.17, 15) is 9.59 Å². The second-order valence-electron chi connectivity index (χ2n) is 6.15. The van der Waals surface area contributed by atoms with Crippen LogP contribution < -0.4 is 15.6 Å². The van der Waals surface area contributed by atoms with Gasteiger partial charge in [-0.15, -0.1) is 11.3 Å². The average molecular weight is 391 g/mol. The van der Waals surface area contributed by atoms with Crippen molar-refractivity contribution in [1.82, 2.24) is 9.55 Å². The number of aromatic nitrogens is 2. The maximum atomic E-state index is 12.8. The summed E-state index contributed by atoms with van der Waals surface area (Å²) in [6, 6.07) is 16.7. The van der Waals surface area contributed by atoms with E-state index in [4.69, 9.17) is 4.74 Å². The Hall–Kier alpha value is -3.45. The van der Waals surface area contributed by atoms with E-state index in [1.54, 1.807) is 19.2 Å². The highest BCUT2D eigenvalue weighted by Crippen LogP contribution is 2.31. The maximum absolute atomic E-state index is 12.8. The summed E-state index contributed by atoms with van der Waals surface area (Å²) in [5.74, 6) is 0.490. The first-order chi connectivity index (χ1) is 13.7. The molecule has 28 heavy (non-hydrogen) atoms. The Morgan fingerprint density at radius 2 is 1.89 bits per heavy atom. The molecule has 7 heteroatoms. The van der Waals surface area contributed by atoms with Crippen LogP contribution >= 0.6 is 11.3 Å². The standard InChI is InChI=1S/C21H17N3O3S/c1-27-16-9-7-14(8-10-16)17-12-28-20-19(17)22-13-24(21(20)26)11-18(25)23-15-5-3-2-4-6-15/h2-10,12-13H,11H2,1H3,(H,23,25). The third-order valence-electron chi connectivity index (χ3n) is 4.32. The molecule has 1 amide bonds. The van der Waals surface area contributed by atoms with Gasteiger partial charge in [-0.05, 0) is 29.8 Å². The summed E-state index contributed by atoms with van der Waals surface area (Å²) >= 11 is 1.33. The van der Waals surface area contributed by atoms with Crippen molar-refractivity contribution in [2.75, 3.05) is 12.4 Å². The molecule has 0 saturated carbocycles. The second kappa shape index (κ2) is 7.66. The maximum Gasteiger partial charge on any atom is 0.271 e. The van der Waals surface area contributed by atoms with Gasteiger partial charge in [-0.25, -0.2) is 4.98 Å². The highest BCUT2D eigenvalue weighted by atomic mass is 32.1. The number of rotatable bonds is 5. The Labute approximate surface area is 165 Å². The molecule has 0 aliphatic rings. The minimum absolute atomic E-state index is 0.0908. The summed E-state index contributed by atoms with van der Waals surface area (Å²) in [4.78, 5) is 29.5. The van der Waals surface area contributed by atoms with Crippen molar-refractivity contribution < 1.29 is 9.53 Å². The van der Waals surface area contributed by atoms with Crippen molar-refractivity contribution in [3.05, 3.63) is 76.7 Å². The molecule has 0 aliphatic carbocycles. The van der Waals surface area contributed by atoms with Gasteiger partial charge in [0, 0.05) is 16.6 Å². The number of fused-ring (bicyclic) bond motifs is 1. The summed E-state index contributed by atoms with van der Waals surface area (Å²) in [6.45, 7) is -0.0908. The first-order valence-electron chi connectivity index (χ1n) is 8.61. The van der Waals surface area contributed by atoms with E-state index < -0.39 is 0 Å². The summed E-state index contributed by atoms with van der Waals surface area (Å²) < 4.78 is 7.04. The molecule has 0 bridgehead atoms. The Balaban J connectivity index is 1.61. The highest BCUT2D eigenvalue weighted by Gasteiger charge is 2.14. The largest absolute Gasteiger partial charge is 0.497 e. The lowest BCUT2D eigenvalue weighted by atomic mass is 10.1. The van der Waals surface area contributed by atoms with Crippen LogP contribution in [0.15, 0.2) is 71.1 Å². The molecule has 0 fully saturated rings. The Bertz CT molecular complexity index is 1180. The monoisotopic (exact) mass is 391 g/mol. The topological polar surface area (TPSA) is 73.2 Å². The minimum Gasteiger partial charge on any atom is -0.497 e. The third-order valence-corrected chi connectivity index (χ3v) is 5.28. The first-order valence-corrected chi connectivity index (χ1v) is 9.49. The fourth-order valence-electron chi connectivity index (χ4n) is 2.91. The van der Waals surface area contributed by atoms with Crippen molar-refractivity contribution in [3.8, 4) is 16.9 Å². The smallest absolute Gasteiger partial charge is 0.271 e. The van der Waals surface area contributed by atoms with E-state index in [0.717, 1.165) is 16.9 Å². The zero-order chi connectivity index (χ0) is 19.5. The van der Waals surface area contributed by atoms with Crippen molar-refractivity contribution in [2.45, 2.75) is 6.54 Å². The number of ether oxygens (including phenoxy) is 1. The van der Waals surface area contributed by atoms with E-state index in [1.165, 1.54) is 22.2 Å². The Morgan fingerprint density at radius 1 is 1.14 bits per heavy atom. The molecule has 4 rings (SSSR count). The molecule has 1 N–H and O–H groups in total. The van der Waals surface area contributed by atoms with E-state index >= 15 is 0 Å². The van der Waals surface area contributed by atoms with Gasteiger partial charge in [0.15, 0.2) is 0 Å². The summed E-state index contributed by atoms with van der Waals surface area (Å²) in [5.41, 5.74) is 2.95. The second-order valence-corrected chi connectivity index (χ2v) is 7.03. The van der Waals surface area contributed by atoms with E-state index in [0.29, 0.717) is 15.9 Å². The normalized spacial score (nSPS) is 10.8.